The van der Waals surface area contributed by atoms with E-state index >= 15 is 0 Å². The molecule has 0 radical (unpaired) electrons. The molecular weight excluding hydrogens is 358 g/mol. The predicted molar refractivity (Wildman–Crippen MR) is 91.0 cm³/mol. The molecule has 0 bridgehead atoms. The van der Waals surface area contributed by atoms with Crippen molar-refractivity contribution < 1.29 is 14.3 Å². The normalized spacial score (nSPS) is 17.0. The van der Waals surface area contributed by atoms with Crippen LogP contribution in [0.1, 0.15) is 24.0 Å². The van der Waals surface area contributed by atoms with Crippen molar-refractivity contribution >= 4 is 27.5 Å². The molecule has 1 amide bonds. The van der Waals surface area contributed by atoms with Crippen LogP contribution in [-0.2, 0) is 10.2 Å². The second-order valence-electron chi connectivity index (χ2n) is 6.09. The first-order chi connectivity index (χ1) is 11.1. The van der Waals surface area contributed by atoms with Crippen LogP contribution < -0.4 is 14.8 Å². The van der Waals surface area contributed by atoms with Crippen LogP contribution in [-0.4, -0.2) is 12.7 Å². The molecular formula is C18H16BrNO3. The Kier molecular flexibility index (Phi) is 3.34. The maximum atomic E-state index is 12.8. The molecule has 0 saturated heterocycles. The fraction of sp³-hybridized carbons (Fsp3) is 0.278. The van der Waals surface area contributed by atoms with Crippen molar-refractivity contribution in [1.29, 1.82) is 0 Å². The van der Waals surface area contributed by atoms with Crippen LogP contribution in [0.4, 0.5) is 5.69 Å². The van der Waals surface area contributed by atoms with Gasteiger partial charge in [-0.2, -0.15) is 0 Å². The SMILES string of the molecule is Cc1ccc(NC(=O)C2(c3ccc4c(c3)OCO4)CC2)c(Br)c1. The van der Waals surface area contributed by atoms with Gasteiger partial charge in [0.05, 0.1) is 11.1 Å². The van der Waals surface area contributed by atoms with Crippen molar-refractivity contribution in [3.63, 3.8) is 0 Å². The number of rotatable bonds is 3. The number of hydrogen-bond acceptors (Lipinski definition) is 3. The molecule has 2 aromatic rings. The van der Waals surface area contributed by atoms with Crippen LogP contribution in [0.15, 0.2) is 40.9 Å². The number of hydrogen-bond donors (Lipinski definition) is 1. The Morgan fingerprint density at radius 1 is 1.13 bits per heavy atom. The minimum atomic E-state index is -0.453. The van der Waals surface area contributed by atoms with Crippen molar-refractivity contribution in [2.45, 2.75) is 25.2 Å². The number of carbonyl (C=O) groups excluding carboxylic acids is 1. The number of aryl methyl sites for hydroxylation is 1. The number of halogens is 1. The van der Waals surface area contributed by atoms with Gasteiger partial charge in [-0.25, -0.2) is 0 Å². The highest BCUT2D eigenvalue weighted by Gasteiger charge is 2.51. The Morgan fingerprint density at radius 3 is 2.65 bits per heavy atom. The van der Waals surface area contributed by atoms with Crippen LogP contribution in [0.3, 0.4) is 0 Å². The Bertz CT molecular complexity index is 799. The number of anilines is 1. The highest BCUT2D eigenvalue weighted by Crippen LogP contribution is 2.51. The lowest BCUT2D eigenvalue weighted by atomic mass is 9.94. The van der Waals surface area contributed by atoms with Gasteiger partial charge >= 0.3 is 0 Å². The zero-order chi connectivity index (χ0) is 16.0. The lowest BCUT2D eigenvalue weighted by molar-refractivity contribution is -0.118. The topological polar surface area (TPSA) is 47.6 Å². The number of amides is 1. The van der Waals surface area contributed by atoms with Crippen molar-refractivity contribution in [2.75, 3.05) is 12.1 Å². The van der Waals surface area contributed by atoms with Crippen LogP contribution >= 0.6 is 15.9 Å². The molecule has 2 aliphatic rings. The van der Waals surface area contributed by atoms with Crippen molar-refractivity contribution in [3.05, 3.63) is 52.0 Å². The third-order valence-corrected chi connectivity index (χ3v) is 5.14. The first kappa shape index (κ1) is 14.6. The van der Waals surface area contributed by atoms with E-state index in [1.807, 2.05) is 43.3 Å². The molecule has 2 aromatic carbocycles. The molecule has 5 heteroatoms. The largest absolute Gasteiger partial charge is 0.454 e. The number of carbonyl (C=O) groups is 1. The summed E-state index contributed by atoms with van der Waals surface area (Å²) in [6.07, 6.45) is 1.70. The lowest BCUT2D eigenvalue weighted by Crippen LogP contribution is -2.27. The van der Waals surface area contributed by atoms with Gasteiger partial charge in [-0.1, -0.05) is 12.1 Å². The summed E-state index contributed by atoms with van der Waals surface area (Å²) >= 11 is 3.51. The first-order valence-electron chi connectivity index (χ1n) is 7.56. The van der Waals surface area contributed by atoms with Gasteiger partial charge in [-0.3, -0.25) is 4.79 Å². The van der Waals surface area contributed by atoms with E-state index in [0.29, 0.717) is 0 Å². The summed E-state index contributed by atoms with van der Waals surface area (Å²) in [5, 5.41) is 3.05. The molecule has 1 heterocycles. The number of nitrogens with one attached hydrogen (secondary N) is 1. The summed E-state index contributed by atoms with van der Waals surface area (Å²) in [4.78, 5) is 12.8. The molecule has 1 aliphatic heterocycles. The molecule has 0 aromatic heterocycles. The fourth-order valence-corrected chi connectivity index (χ4v) is 3.52. The van der Waals surface area contributed by atoms with E-state index < -0.39 is 5.41 Å². The molecule has 1 N–H and O–H groups in total. The first-order valence-corrected chi connectivity index (χ1v) is 8.35. The van der Waals surface area contributed by atoms with Gasteiger partial charge in [0, 0.05) is 4.47 Å². The smallest absolute Gasteiger partial charge is 0.235 e. The molecule has 0 unspecified atom stereocenters. The minimum absolute atomic E-state index is 0.0286. The van der Waals surface area contributed by atoms with E-state index in [-0.39, 0.29) is 12.7 Å². The molecule has 118 valence electrons. The average molecular weight is 374 g/mol. The zero-order valence-corrected chi connectivity index (χ0v) is 14.3. The minimum Gasteiger partial charge on any atom is -0.454 e. The molecule has 1 fully saturated rings. The molecule has 1 aliphatic carbocycles. The van der Waals surface area contributed by atoms with Crippen molar-refractivity contribution in [1.82, 2.24) is 0 Å². The molecule has 23 heavy (non-hydrogen) atoms. The zero-order valence-electron chi connectivity index (χ0n) is 12.7. The number of ether oxygens (including phenoxy) is 2. The average Bonchev–Trinajstić information content (AvgIpc) is 3.21. The monoisotopic (exact) mass is 373 g/mol. The summed E-state index contributed by atoms with van der Waals surface area (Å²) in [5.41, 5.74) is 2.48. The summed E-state index contributed by atoms with van der Waals surface area (Å²) < 4.78 is 11.7. The third-order valence-electron chi connectivity index (χ3n) is 4.48. The van der Waals surface area contributed by atoms with E-state index in [9.17, 15) is 4.79 Å². The quantitative estimate of drug-likeness (QED) is 0.878. The van der Waals surface area contributed by atoms with Gasteiger partial charge in [0.1, 0.15) is 0 Å². The van der Waals surface area contributed by atoms with Gasteiger partial charge in [0.2, 0.25) is 12.7 Å². The fourth-order valence-electron chi connectivity index (χ4n) is 2.93. The molecule has 4 rings (SSSR count). The summed E-state index contributed by atoms with van der Waals surface area (Å²) in [5.74, 6) is 1.49. The maximum absolute atomic E-state index is 12.8. The van der Waals surface area contributed by atoms with E-state index in [4.69, 9.17) is 9.47 Å². The van der Waals surface area contributed by atoms with Gasteiger partial charge < -0.3 is 14.8 Å². The van der Waals surface area contributed by atoms with E-state index in [2.05, 4.69) is 21.2 Å². The van der Waals surface area contributed by atoms with Crippen LogP contribution in [0, 0.1) is 6.92 Å². The molecule has 0 spiro atoms. The van der Waals surface area contributed by atoms with Crippen LogP contribution in [0.25, 0.3) is 0 Å². The summed E-state index contributed by atoms with van der Waals surface area (Å²) in [6, 6.07) is 11.7. The Balaban J connectivity index is 1.60. The lowest BCUT2D eigenvalue weighted by Gasteiger charge is -2.17. The predicted octanol–water partition coefficient (Wildman–Crippen LogP) is 4.16. The summed E-state index contributed by atoms with van der Waals surface area (Å²) in [6.45, 7) is 2.26. The van der Waals surface area contributed by atoms with Crippen molar-refractivity contribution in [2.24, 2.45) is 0 Å². The van der Waals surface area contributed by atoms with Gasteiger partial charge in [0.25, 0.3) is 0 Å². The summed E-state index contributed by atoms with van der Waals surface area (Å²) in [7, 11) is 0. The highest BCUT2D eigenvalue weighted by atomic mass is 79.9. The highest BCUT2D eigenvalue weighted by molar-refractivity contribution is 9.10. The maximum Gasteiger partial charge on any atom is 0.235 e. The number of fused-ring (bicyclic) bond motifs is 1. The molecule has 4 nitrogen and oxygen atoms in total. The van der Waals surface area contributed by atoms with Gasteiger partial charge in [0.15, 0.2) is 11.5 Å². The van der Waals surface area contributed by atoms with Gasteiger partial charge in [-0.15, -0.1) is 0 Å². The van der Waals surface area contributed by atoms with Crippen molar-refractivity contribution in [3.8, 4) is 11.5 Å². The van der Waals surface area contributed by atoms with Crippen LogP contribution in [0.5, 0.6) is 11.5 Å². The molecule has 1 saturated carbocycles. The van der Waals surface area contributed by atoms with E-state index in [0.717, 1.165) is 45.6 Å². The van der Waals surface area contributed by atoms with E-state index in [1.54, 1.807) is 0 Å². The number of benzene rings is 2. The van der Waals surface area contributed by atoms with E-state index in [1.165, 1.54) is 0 Å². The second-order valence-corrected chi connectivity index (χ2v) is 6.94. The Hall–Kier alpha value is -2.01. The standard InChI is InChI=1S/C18H16BrNO3/c1-11-2-4-14(13(19)8-11)20-17(21)18(6-7-18)12-3-5-15-16(9-12)23-10-22-15/h2-5,8-9H,6-7,10H2,1H3,(H,20,21). The van der Waals surface area contributed by atoms with Gasteiger partial charge in [-0.05, 0) is 71.1 Å². The van der Waals surface area contributed by atoms with Crippen LogP contribution in [0.2, 0.25) is 0 Å². The molecule has 0 atom stereocenters. The Labute approximate surface area is 142 Å². The Morgan fingerprint density at radius 2 is 1.91 bits per heavy atom. The second kappa shape index (κ2) is 5.27. The third kappa shape index (κ3) is 2.49.